The molecule has 2 aromatic carbocycles. The molecule has 0 aliphatic heterocycles. The molecule has 2 aromatic rings. The molecule has 0 radical (unpaired) electrons. The molecule has 0 bridgehead atoms. The predicted octanol–water partition coefficient (Wildman–Crippen LogP) is 2.45. The van der Waals surface area contributed by atoms with Crippen LogP contribution in [0.1, 0.15) is 34.8 Å². The maximum Gasteiger partial charge on any atom is 0.197 e. The van der Waals surface area contributed by atoms with Gasteiger partial charge in [-0.05, 0) is 30.9 Å². The molecule has 0 aromatic heterocycles. The molecule has 0 saturated carbocycles. The second-order valence-corrected chi connectivity index (χ2v) is 5.78. The zero-order chi connectivity index (χ0) is 15.1. The van der Waals surface area contributed by atoms with Gasteiger partial charge in [0.2, 0.25) is 0 Å². The molecule has 2 N–H and O–H groups in total. The van der Waals surface area contributed by atoms with E-state index < -0.39 is 17.0 Å². The predicted molar refractivity (Wildman–Crippen MR) is 80.1 cm³/mol. The number of carbonyl (C=O) groups is 1. The van der Waals surface area contributed by atoms with Crippen molar-refractivity contribution in [3.05, 3.63) is 71.3 Å². The van der Waals surface area contributed by atoms with Crippen molar-refractivity contribution in [2.24, 2.45) is 0 Å². The van der Waals surface area contributed by atoms with E-state index in [-0.39, 0.29) is 6.42 Å². The average molecular weight is 282 g/mol. The Bertz CT molecular complexity index is 676. The molecule has 0 saturated heterocycles. The van der Waals surface area contributed by atoms with Gasteiger partial charge in [-0.15, -0.1) is 0 Å². The monoisotopic (exact) mass is 282 g/mol. The number of Topliss-reactive ketones (excluding diaryl/α,β-unsaturated/α-hetero) is 1. The number of rotatable bonds is 2. The molecular formula is C18H18O3. The number of ketones is 1. The Labute approximate surface area is 123 Å². The first-order valence-corrected chi connectivity index (χ1v) is 7.10. The van der Waals surface area contributed by atoms with Crippen LogP contribution in [0.2, 0.25) is 0 Å². The Hall–Kier alpha value is -1.97. The van der Waals surface area contributed by atoms with E-state index in [0.717, 1.165) is 5.56 Å². The molecule has 0 spiro atoms. The molecule has 3 rings (SSSR count). The maximum absolute atomic E-state index is 12.7. The van der Waals surface area contributed by atoms with E-state index in [1.807, 2.05) is 18.2 Å². The number of benzene rings is 2. The smallest absolute Gasteiger partial charge is 0.197 e. The third-order valence-corrected chi connectivity index (χ3v) is 4.53. The Balaban J connectivity index is 2.08. The van der Waals surface area contributed by atoms with E-state index in [4.69, 9.17) is 0 Å². The summed E-state index contributed by atoms with van der Waals surface area (Å²) >= 11 is 0. The van der Waals surface area contributed by atoms with Gasteiger partial charge >= 0.3 is 0 Å². The molecule has 3 nitrogen and oxygen atoms in total. The van der Waals surface area contributed by atoms with Gasteiger partial charge in [0.05, 0.1) is 0 Å². The second-order valence-electron chi connectivity index (χ2n) is 5.78. The van der Waals surface area contributed by atoms with Gasteiger partial charge in [-0.2, -0.15) is 0 Å². The highest BCUT2D eigenvalue weighted by Gasteiger charge is 2.54. The highest BCUT2D eigenvalue weighted by Crippen LogP contribution is 2.41. The van der Waals surface area contributed by atoms with Crippen LogP contribution in [-0.2, 0) is 12.0 Å². The second kappa shape index (κ2) is 4.79. The topological polar surface area (TPSA) is 57.5 Å². The number of aliphatic hydroxyl groups is 2. The van der Waals surface area contributed by atoms with E-state index in [9.17, 15) is 15.0 Å². The van der Waals surface area contributed by atoms with Crippen LogP contribution in [0.25, 0.3) is 0 Å². The highest BCUT2D eigenvalue weighted by molar-refractivity contribution is 6.05. The Kier molecular flexibility index (Phi) is 3.19. The lowest BCUT2D eigenvalue weighted by atomic mass is 9.68. The minimum absolute atomic E-state index is 0.213. The van der Waals surface area contributed by atoms with Crippen molar-refractivity contribution >= 4 is 5.78 Å². The fourth-order valence-corrected chi connectivity index (χ4v) is 3.08. The third kappa shape index (κ3) is 2.01. The normalized spacial score (nSPS) is 24.2. The first-order chi connectivity index (χ1) is 9.97. The van der Waals surface area contributed by atoms with Crippen molar-refractivity contribution in [1.82, 2.24) is 0 Å². The summed E-state index contributed by atoms with van der Waals surface area (Å²) in [6.45, 7) is 1.51. The summed E-state index contributed by atoms with van der Waals surface area (Å²) in [5.41, 5.74) is -1.46. The van der Waals surface area contributed by atoms with Gasteiger partial charge in [-0.1, -0.05) is 54.6 Å². The summed E-state index contributed by atoms with van der Waals surface area (Å²) in [7, 11) is 0. The third-order valence-electron chi connectivity index (χ3n) is 4.53. The lowest BCUT2D eigenvalue weighted by Gasteiger charge is -2.43. The van der Waals surface area contributed by atoms with Crippen LogP contribution in [0, 0.1) is 0 Å². The SMILES string of the molecule is C[C@@](O)(c1ccccc1)[C@@]1(O)CCc2ccccc2C1=O. The molecule has 0 amide bonds. The number of aryl methyl sites for hydroxylation is 1. The number of hydrogen-bond donors (Lipinski definition) is 2. The Morgan fingerprint density at radius 3 is 2.38 bits per heavy atom. The van der Waals surface area contributed by atoms with Crippen molar-refractivity contribution in [3.8, 4) is 0 Å². The minimum atomic E-state index is -1.80. The van der Waals surface area contributed by atoms with Crippen LogP contribution in [0.4, 0.5) is 0 Å². The van der Waals surface area contributed by atoms with E-state index >= 15 is 0 Å². The van der Waals surface area contributed by atoms with Crippen molar-refractivity contribution in [1.29, 1.82) is 0 Å². The largest absolute Gasteiger partial charge is 0.382 e. The van der Waals surface area contributed by atoms with Crippen LogP contribution < -0.4 is 0 Å². The van der Waals surface area contributed by atoms with Crippen molar-refractivity contribution in [2.75, 3.05) is 0 Å². The van der Waals surface area contributed by atoms with Crippen molar-refractivity contribution in [3.63, 3.8) is 0 Å². The molecular weight excluding hydrogens is 264 g/mol. The molecule has 108 valence electrons. The van der Waals surface area contributed by atoms with E-state index in [1.54, 1.807) is 36.4 Å². The van der Waals surface area contributed by atoms with Gasteiger partial charge in [0.1, 0.15) is 5.60 Å². The quantitative estimate of drug-likeness (QED) is 0.889. The Morgan fingerprint density at radius 2 is 1.67 bits per heavy atom. The summed E-state index contributed by atoms with van der Waals surface area (Å²) < 4.78 is 0. The number of fused-ring (bicyclic) bond motifs is 1. The summed E-state index contributed by atoms with van der Waals surface area (Å²) in [6, 6.07) is 16.1. The van der Waals surface area contributed by atoms with Crippen LogP contribution in [0.3, 0.4) is 0 Å². The van der Waals surface area contributed by atoms with Crippen molar-refractivity contribution in [2.45, 2.75) is 31.0 Å². The van der Waals surface area contributed by atoms with E-state index in [0.29, 0.717) is 17.5 Å². The van der Waals surface area contributed by atoms with Crippen LogP contribution in [0.15, 0.2) is 54.6 Å². The standard InChI is InChI=1S/C18H18O3/c1-17(20,14-8-3-2-4-9-14)18(21)12-11-13-7-5-6-10-15(13)16(18)19/h2-10,20-21H,11-12H2,1H3/t17-,18-/m1/s1. The zero-order valence-corrected chi connectivity index (χ0v) is 11.9. The van der Waals surface area contributed by atoms with Crippen LogP contribution in [0.5, 0.6) is 0 Å². The van der Waals surface area contributed by atoms with Crippen molar-refractivity contribution < 1.29 is 15.0 Å². The molecule has 1 aliphatic carbocycles. The van der Waals surface area contributed by atoms with Gasteiger partial charge < -0.3 is 10.2 Å². The lowest BCUT2D eigenvalue weighted by Crippen LogP contribution is -2.57. The van der Waals surface area contributed by atoms with Gasteiger partial charge in [0, 0.05) is 5.56 Å². The first-order valence-electron chi connectivity index (χ1n) is 7.10. The molecule has 0 fully saturated rings. The molecule has 3 heteroatoms. The molecule has 0 unspecified atom stereocenters. The molecule has 21 heavy (non-hydrogen) atoms. The lowest BCUT2D eigenvalue weighted by molar-refractivity contribution is -0.125. The van der Waals surface area contributed by atoms with Crippen LogP contribution in [-0.4, -0.2) is 21.6 Å². The summed E-state index contributed by atoms with van der Waals surface area (Å²) in [6.07, 6.45) is 0.784. The van der Waals surface area contributed by atoms with Gasteiger partial charge in [-0.25, -0.2) is 0 Å². The number of carbonyl (C=O) groups excluding carboxylic acids is 1. The van der Waals surface area contributed by atoms with E-state index in [2.05, 4.69) is 0 Å². The highest BCUT2D eigenvalue weighted by atomic mass is 16.4. The molecule has 1 aliphatic rings. The average Bonchev–Trinajstić information content (AvgIpc) is 2.52. The van der Waals surface area contributed by atoms with Crippen LogP contribution >= 0.6 is 0 Å². The summed E-state index contributed by atoms with van der Waals surface area (Å²) in [5.74, 6) is -0.404. The Morgan fingerprint density at radius 1 is 1.05 bits per heavy atom. The van der Waals surface area contributed by atoms with Gasteiger partial charge in [0.15, 0.2) is 11.4 Å². The fraction of sp³-hybridized carbons (Fsp3) is 0.278. The fourth-order valence-electron chi connectivity index (χ4n) is 3.08. The first kappa shape index (κ1) is 14.0. The van der Waals surface area contributed by atoms with Gasteiger partial charge in [0.25, 0.3) is 0 Å². The summed E-state index contributed by atoms with van der Waals surface area (Å²) in [4.78, 5) is 12.7. The molecule has 0 heterocycles. The maximum atomic E-state index is 12.7. The minimum Gasteiger partial charge on any atom is -0.382 e. The molecule has 2 atom stereocenters. The van der Waals surface area contributed by atoms with E-state index in [1.165, 1.54) is 6.92 Å². The summed E-state index contributed by atoms with van der Waals surface area (Å²) in [5, 5.41) is 21.9. The number of hydrogen-bond acceptors (Lipinski definition) is 3. The zero-order valence-electron chi connectivity index (χ0n) is 11.9. The van der Waals surface area contributed by atoms with Gasteiger partial charge in [-0.3, -0.25) is 4.79 Å².